The van der Waals surface area contributed by atoms with Crippen LogP contribution in [0.1, 0.15) is 40.7 Å². The van der Waals surface area contributed by atoms with Gasteiger partial charge in [-0.25, -0.2) is 5.84 Å². The summed E-state index contributed by atoms with van der Waals surface area (Å²) in [7, 11) is 0. The number of nitrogens with two attached hydrogens (primary N) is 1. The molecule has 1 fully saturated rings. The standard InChI is InChI=1S/C12H19N3OS/c1-9-4-2-3-7-15(9)8-10-5-6-11(17-10)12(16)14-13/h5-6,9H,2-4,7-8,13H2,1H3,(H,14,16). The second kappa shape index (κ2) is 5.62. The van der Waals surface area contributed by atoms with E-state index in [1.807, 2.05) is 12.1 Å². The molecular weight excluding hydrogens is 234 g/mol. The highest BCUT2D eigenvalue weighted by Crippen LogP contribution is 2.23. The molecule has 1 atom stereocenters. The number of nitrogen functional groups attached to an aromatic ring is 1. The van der Waals surface area contributed by atoms with Gasteiger partial charge < -0.3 is 0 Å². The Labute approximate surface area is 106 Å². The Morgan fingerprint density at radius 2 is 2.41 bits per heavy atom. The molecule has 5 heteroatoms. The summed E-state index contributed by atoms with van der Waals surface area (Å²) in [5.41, 5.74) is 2.16. The highest BCUT2D eigenvalue weighted by atomic mass is 32.1. The maximum atomic E-state index is 11.3. The fraction of sp³-hybridized carbons (Fsp3) is 0.583. The molecule has 4 nitrogen and oxygen atoms in total. The van der Waals surface area contributed by atoms with Gasteiger partial charge in [-0.2, -0.15) is 0 Å². The predicted molar refractivity (Wildman–Crippen MR) is 69.7 cm³/mol. The van der Waals surface area contributed by atoms with Gasteiger partial charge in [0.15, 0.2) is 0 Å². The molecule has 0 radical (unpaired) electrons. The van der Waals surface area contributed by atoms with Crippen molar-refractivity contribution in [3.05, 3.63) is 21.9 Å². The van der Waals surface area contributed by atoms with Crippen LogP contribution in [0, 0.1) is 0 Å². The largest absolute Gasteiger partial charge is 0.296 e. The number of hydrogen-bond donors (Lipinski definition) is 2. The molecule has 0 aromatic carbocycles. The van der Waals surface area contributed by atoms with E-state index in [0.29, 0.717) is 10.9 Å². The summed E-state index contributed by atoms with van der Waals surface area (Å²) in [4.78, 5) is 15.8. The summed E-state index contributed by atoms with van der Waals surface area (Å²) in [6.07, 6.45) is 3.90. The fourth-order valence-electron chi connectivity index (χ4n) is 2.25. The van der Waals surface area contributed by atoms with E-state index < -0.39 is 0 Å². The Kier molecular flexibility index (Phi) is 4.15. The van der Waals surface area contributed by atoms with Crippen molar-refractivity contribution < 1.29 is 4.79 Å². The third kappa shape index (κ3) is 3.06. The van der Waals surface area contributed by atoms with E-state index in [1.54, 1.807) is 0 Å². The second-order valence-corrected chi connectivity index (χ2v) is 5.72. The first kappa shape index (κ1) is 12.5. The highest BCUT2D eigenvalue weighted by molar-refractivity contribution is 7.14. The molecule has 0 bridgehead atoms. The zero-order valence-electron chi connectivity index (χ0n) is 10.1. The lowest BCUT2D eigenvalue weighted by Gasteiger charge is -2.32. The van der Waals surface area contributed by atoms with Crippen LogP contribution in [-0.4, -0.2) is 23.4 Å². The molecule has 0 saturated carbocycles. The van der Waals surface area contributed by atoms with Crippen molar-refractivity contribution in [3.63, 3.8) is 0 Å². The van der Waals surface area contributed by atoms with Crippen molar-refractivity contribution >= 4 is 17.2 Å². The zero-order chi connectivity index (χ0) is 12.3. The molecule has 1 aliphatic heterocycles. The van der Waals surface area contributed by atoms with Crippen molar-refractivity contribution in [2.45, 2.75) is 38.8 Å². The molecule has 94 valence electrons. The topological polar surface area (TPSA) is 58.4 Å². The van der Waals surface area contributed by atoms with Crippen molar-refractivity contribution in [2.75, 3.05) is 6.54 Å². The number of thiophene rings is 1. The normalized spacial score (nSPS) is 21.4. The Bertz CT molecular complexity index is 391. The molecule has 17 heavy (non-hydrogen) atoms. The van der Waals surface area contributed by atoms with Gasteiger partial charge in [-0.3, -0.25) is 15.1 Å². The van der Waals surface area contributed by atoms with Gasteiger partial charge in [-0.05, 0) is 38.4 Å². The molecule has 1 aromatic rings. The van der Waals surface area contributed by atoms with Gasteiger partial charge >= 0.3 is 0 Å². The van der Waals surface area contributed by atoms with Gasteiger partial charge in [0.2, 0.25) is 0 Å². The summed E-state index contributed by atoms with van der Waals surface area (Å²) < 4.78 is 0. The molecule has 3 N–H and O–H groups in total. The van der Waals surface area contributed by atoms with Crippen molar-refractivity contribution in [1.29, 1.82) is 0 Å². The van der Waals surface area contributed by atoms with E-state index in [9.17, 15) is 4.79 Å². The number of likely N-dealkylation sites (tertiary alicyclic amines) is 1. The number of nitrogens with zero attached hydrogens (tertiary/aromatic N) is 1. The van der Waals surface area contributed by atoms with E-state index in [1.165, 1.54) is 35.5 Å². The molecule has 2 heterocycles. The molecule has 1 amide bonds. The monoisotopic (exact) mass is 253 g/mol. The number of amides is 1. The number of carbonyl (C=O) groups is 1. The summed E-state index contributed by atoms with van der Waals surface area (Å²) in [5, 5.41) is 0. The van der Waals surface area contributed by atoms with Crippen LogP contribution in [0.25, 0.3) is 0 Å². The minimum Gasteiger partial charge on any atom is -0.296 e. The van der Waals surface area contributed by atoms with Gasteiger partial charge in [-0.1, -0.05) is 6.42 Å². The Balaban J connectivity index is 1.98. The number of nitrogens with one attached hydrogen (secondary N) is 1. The van der Waals surface area contributed by atoms with Crippen LogP contribution in [0.3, 0.4) is 0 Å². The summed E-state index contributed by atoms with van der Waals surface area (Å²) in [5.74, 6) is 4.92. The maximum Gasteiger partial charge on any atom is 0.275 e. The molecule has 1 aliphatic rings. The number of hydrazine groups is 1. The fourth-order valence-corrected chi connectivity index (χ4v) is 3.19. The van der Waals surface area contributed by atoms with Gasteiger partial charge in [0.25, 0.3) is 5.91 Å². The number of rotatable bonds is 3. The summed E-state index contributed by atoms with van der Waals surface area (Å²) >= 11 is 1.53. The van der Waals surface area contributed by atoms with Crippen LogP contribution in [-0.2, 0) is 6.54 Å². The third-order valence-electron chi connectivity index (χ3n) is 3.32. The summed E-state index contributed by atoms with van der Waals surface area (Å²) in [6, 6.07) is 4.52. The van der Waals surface area contributed by atoms with Crippen molar-refractivity contribution in [3.8, 4) is 0 Å². The molecule has 0 aliphatic carbocycles. The van der Waals surface area contributed by atoms with Crippen LogP contribution in [0.15, 0.2) is 12.1 Å². The third-order valence-corrected chi connectivity index (χ3v) is 4.38. The molecule has 2 rings (SSSR count). The molecule has 1 unspecified atom stereocenters. The van der Waals surface area contributed by atoms with E-state index in [-0.39, 0.29) is 5.91 Å². The van der Waals surface area contributed by atoms with Crippen molar-refractivity contribution in [1.82, 2.24) is 10.3 Å². The lowest BCUT2D eigenvalue weighted by molar-refractivity contribution is 0.0957. The second-order valence-electron chi connectivity index (χ2n) is 4.55. The van der Waals surface area contributed by atoms with Crippen LogP contribution in [0.5, 0.6) is 0 Å². The molecule has 1 saturated heterocycles. The highest BCUT2D eigenvalue weighted by Gasteiger charge is 2.19. The predicted octanol–water partition coefficient (Wildman–Crippen LogP) is 1.73. The minimum absolute atomic E-state index is 0.201. The van der Waals surface area contributed by atoms with E-state index in [2.05, 4.69) is 17.2 Å². The van der Waals surface area contributed by atoms with Crippen LogP contribution >= 0.6 is 11.3 Å². The number of carbonyl (C=O) groups excluding carboxylic acids is 1. The van der Waals surface area contributed by atoms with Gasteiger partial charge in [-0.15, -0.1) is 11.3 Å². The zero-order valence-corrected chi connectivity index (χ0v) is 10.9. The van der Waals surface area contributed by atoms with Gasteiger partial charge in [0.1, 0.15) is 0 Å². The lowest BCUT2D eigenvalue weighted by Crippen LogP contribution is -2.36. The molecular formula is C12H19N3OS. The first-order valence-corrected chi connectivity index (χ1v) is 6.86. The molecule has 0 spiro atoms. The minimum atomic E-state index is -0.201. The van der Waals surface area contributed by atoms with Crippen LogP contribution < -0.4 is 11.3 Å². The summed E-state index contributed by atoms with van der Waals surface area (Å²) in [6.45, 7) is 4.39. The van der Waals surface area contributed by atoms with Crippen LogP contribution in [0.4, 0.5) is 0 Å². The first-order chi connectivity index (χ1) is 8.20. The Hall–Kier alpha value is -0.910. The molecule has 1 aromatic heterocycles. The van der Waals surface area contributed by atoms with E-state index in [0.717, 1.165) is 13.1 Å². The SMILES string of the molecule is CC1CCCCN1Cc1ccc(C(=O)NN)s1. The van der Waals surface area contributed by atoms with Crippen LogP contribution in [0.2, 0.25) is 0 Å². The van der Waals surface area contributed by atoms with Gasteiger partial charge in [0.05, 0.1) is 4.88 Å². The van der Waals surface area contributed by atoms with E-state index in [4.69, 9.17) is 5.84 Å². The van der Waals surface area contributed by atoms with E-state index >= 15 is 0 Å². The number of hydrogen-bond acceptors (Lipinski definition) is 4. The Morgan fingerprint density at radius 3 is 3.12 bits per heavy atom. The Morgan fingerprint density at radius 1 is 1.59 bits per heavy atom. The first-order valence-electron chi connectivity index (χ1n) is 6.04. The maximum absolute atomic E-state index is 11.3. The average molecular weight is 253 g/mol. The lowest BCUT2D eigenvalue weighted by atomic mass is 10.0. The van der Waals surface area contributed by atoms with Crippen molar-refractivity contribution in [2.24, 2.45) is 5.84 Å². The van der Waals surface area contributed by atoms with Gasteiger partial charge in [0, 0.05) is 17.5 Å². The number of piperidine rings is 1. The quantitative estimate of drug-likeness (QED) is 0.490. The smallest absolute Gasteiger partial charge is 0.275 e. The average Bonchev–Trinajstić information content (AvgIpc) is 2.80.